The molecule has 0 aliphatic rings. The molecule has 2 aromatic heterocycles. The van der Waals surface area contributed by atoms with Crippen molar-refractivity contribution < 1.29 is 0 Å². The Morgan fingerprint density at radius 1 is 1.19 bits per heavy atom. The van der Waals surface area contributed by atoms with E-state index >= 15 is 0 Å². The van der Waals surface area contributed by atoms with Crippen LogP contribution in [0.5, 0.6) is 0 Å². The highest BCUT2D eigenvalue weighted by Crippen LogP contribution is 2.24. The van der Waals surface area contributed by atoms with Gasteiger partial charge in [-0.25, -0.2) is 4.98 Å². The number of aromatic nitrogens is 2. The van der Waals surface area contributed by atoms with Crippen molar-refractivity contribution in [3.8, 4) is 11.3 Å². The van der Waals surface area contributed by atoms with Crippen LogP contribution in [0.3, 0.4) is 0 Å². The van der Waals surface area contributed by atoms with Gasteiger partial charge in [0.25, 0.3) is 0 Å². The Balaban J connectivity index is 1.75. The minimum absolute atomic E-state index is 0.0403. The summed E-state index contributed by atoms with van der Waals surface area (Å²) in [7, 11) is 0. The van der Waals surface area contributed by atoms with Crippen molar-refractivity contribution in [3.63, 3.8) is 0 Å². The molecule has 0 radical (unpaired) electrons. The Labute approximate surface area is 128 Å². The van der Waals surface area contributed by atoms with Gasteiger partial charge in [0.1, 0.15) is 0 Å². The average molecular weight is 295 g/mol. The number of nitrogens with zero attached hydrogens (tertiary/aromatic N) is 2. The Kier molecular flexibility index (Phi) is 4.08. The Bertz CT molecular complexity index is 722. The van der Waals surface area contributed by atoms with Crippen LogP contribution in [0.1, 0.15) is 22.3 Å². The molecule has 1 aromatic carbocycles. The summed E-state index contributed by atoms with van der Waals surface area (Å²) in [5, 5.41) is 3.16. The van der Waals surface area contributed by atoms with Crippen molar-refractivity contribution in [2.75, 3.05) is 0 Å². The summed E-state index contributed by atoms with van der Waals surface area (Å²) >= 11 is 1.66. The van der Waals surface area contributed by atoms with E-state index in [-0.39, 0.29) is 6.04 Å². The van der Waals surface area contributed by atoms with Crippen molar-refractivity contribution in [2.45, 2.75) is 19.4 Å². The third-order valence-corrected chi connectivity index (χ3v) is 4.24. The maximum absolute atomic E-state index is 6.28. The highest BCUT2D eigenvalue weighted by Gasteiger charge is 2.11. The summed E-state index contributed by atoms with van der Waals surface area (Å²) in [4.78, 5) is 8.90. The first-order valence-corrected chi connectivity index (χ1v) is 7.78. The predicted molar refractivity (Wildman–Crippen MR) is 87.2 cm³/mol. The maximum Gasteiger partial charge on any atom is 0.0951 e. The first kappa shape index (κ1) is 13.9. The molecule has 3 aromatic rings. The van der Waals surface area contributed by atoms with E-state index in [2.05, 4.69) is 22.5 Å². The standard InChI is InChI=1S/C17H17N3S/c1-12-9-14(7-8-19-12)15(18)10-17-20-16(11-21-17)13-5-3-2-4-6-13/h2-9,11,15H,10,18H2,1H3. The molecule has 0 fully saturated rings. The van der Waals surface area contributed by atoms with Crippen LogP contribution in [0.2, 0.25) is 0 Å². The zero-order chi connectivity index (χ0) is 14.7. The van der Waals surface area contributed by atoms with Gasteiger partial charge in [-0.05, 0) is 24.6 Å². The molecular weight excluding hydrogens is 278 g/mol. The number of hydrogen-bond donors (Lipinski definition) is 1. The minimum atomic E-state index is -0.0403. The molecule has 3 rings (SSSR count). The molecule has 0 amide bonds. The van der Waals surface area contributed by atoms with Gasteiger partial charge in [0.05, 0.1) is 10.7 Å². The fourth-order valence-corrected chi connectivity index (χ4v) is 3.11. The van der Waals surface area contributed by atoms with Crippen LogP contribution < -0.4 is 5.73 Å². The second kappa shape index (κ2) is 6.16. The number of thiazole rings is 1. The number of benzene rings is 1. The van der Waals surface area contributed by atoms with Crippen LogP contribution in [-0.4, -0.2) is 9.97 Å². The van der Waals surface area contributed by atoms with Crippen LogP contribution in [0, 0.1) is 6.92 Å². The first-order chi connectivity index (χ1) is 10.2. The zero-order valence-corrected chi connectivity index (χ0v) is 12.7. The molecule has 0 bridgehead atoms. The third kappa shape index (κ3) is 3.35. The van der Waals surface area contributed by atoms with Crippen molar-refractivity contribution >= 4 is 11.3 Å². The third-order valence-electron chi connectivity index (χ3n) is 3.36. The molecule has 21 heavy (non-hydrogen) atoms. The summed E-state index contributed by atoms with van der Waals surface area (Å²) in [6, 6.07) is 14.2. The lowest BCUT2D eigenvalue weighted by molar-refractivity contribution is 0.715. The number of rotatable bonds is 4. The molecule has 0 spiro atoms. The van der Waals surface area contributed by atoms with Crippen LogP contribution in [0.4, 0.5) is 0 Å². The highest BCUT2D eigenvalue weighted by atomic mass is 32.1. The van der Waals surface area contributed by atoms with Gasteiger partial charge >= 0.3 is 0 Å². The largest absolute Gasteiger partial charge is 0.324 e. The minimum Gasteiger partial charge on any atom is -0.324 e. The topological polar surface area (TPSA) is 51.8 Å². The lowest BCUT2D eigenvalue weighted by atomic mass is 10.1. The zero-order valence-electron chi connectivity index (χ0n) is 11.9. The van der Waals surface area contributed by atoms with Crippen molar-refractivity contribution in [1.29, 1.82) is 0 Å². The van der Waals surface area contributed by atoms with E-state index in [1.807, 2.05) is 43.5 Å². The predicted octanol–water partition coefficient (Wildman–Crippen LogP) is 3.76. The van der Waals surface area contributed by atoms with E-state index in [0.717, 1.165) is 33.9 Å². The normalized spacial score (nSPS) is 12.3. The molecule has 0 saturated heterocycles. The summed E-state index contributed by atoms with van der Waals surface area (Å²) in [5.41, 5.74) is 10.6. The molecule has 106 valence electrons. The van der Waals surface area contributed by atoms with Gasteiger partial charge in [-0.1, -0.05) is 30.3 Å². The van der Waals surface area contributed by atoms with E-state index in [4.69, 9.17) is 10.7 Å². The monoisotopic (exact) mass is 295 g/mol. The Hall–Kier alpha value is -2.04. The summed E-state index contributed by atoms with van der Waals surface area (Å²) in [6.07, 6.45) is 2.56. The van der Waals surface area contributed by atoms with Gasteiger partial charge in [-0.15, -0.1) is 11.3 Å². The van der Waals surface area contributed by atoms with Crippen molar-refractivity contribution in [2.24, 2.45) is 5.73 Å². The Morgan fingerprint density at radius 2 is 2.00 bits per heavy atom. The summed E-state index contributed by atoms with van der Waals surface area (Å²) < 4.78 is 0. The molecule has 2 N–H and O–H groups in total. The molecule has 2 heterocycles. The fraction of sp³-hybridized carbons (Fsp3) is 0.176. The van der Waals surface area contributed by atoms with Crippen LogP contribution in [0.15, 0.2) is 54.0 Å². The smallest absolute Gasteiger partial charge is 0.0951 e. The number of nitrogens with two attached hydrogens (primary N) is 1. The van der Waals surface area contributed by atoms with Gasteiger partial charge in [-0.3, -0.25) is 4.98 Å². The van der Waals surface area contributed by atoms with Gasteiger partial charge in [0.15, 0.2) is 0 Å². The van der Waals surface area contributed by atoms with E-state index in [1.165, 1.54) is 0 Å². The lowest BCUT2D eigenvalue weighted by Gasteiger charge is -2.10. The fourth-order valence-electron chi connectivity index (χ4n) is 2.25. The highest BCUT2D eigenvalue weighted by molar-refractivity contribution is 7.09. The van der Waals surface area contributed by atoms with Crippen LogP contribution in [0.25, 0.3) is 11.3 Å². The molecule has 0 aliphatic carbocycles. The second-order valence-electron chi connectivity index (χ2n) is 5.03. The van der Waals surface area contributed by atoms with Crippen molar-refractivity contribution in [3.05, 3.63) is 70.3 Å². The van der Waals surface area contributed by atoms with E-state index in [9.17, 15) is 0 Å². The van der Waals surface area contributed by atoms with E-state index in [1.54, 1.807) is 11.3 Å². The lowest BCUT2D eigenvalue weighted by Crippen LogP contribution is -2.13. The van der Waals surface area contributed by atoms with Gasteiger partial charge in [0.2, 0.25) is 0 Å². The maximum atomic E-state index is 6.28. The van der Waals surface area contributed by atoms with Crippen molar-refractivity contribution in [1.82, 2.24) is 9.97 Å². The number of hydrogen-bond acceptors (Lipinski definition) is 4. The van der Waals surface area contributed by atoms with Gasteiger partial charge in [-0.2, -0.15) is 0 Å². The molecule has 1 unspecified atom stereocenters. The number of aryl methyl sites for hydroxylation is 1. The summed E-state index contributed by atoms with van der Waals surface area (Å²) in [6.45, 7) is 1.98. The first-order valence-electron chi connectivity index (χ1n) is 6.90. The van der Waals surface area contributed by atoms with E-state index < -0.39 is 0 Å². The average Bonchev–Trinajstić information content (AvgIpc) is 2.97. The van der Waals surface area contributed by atoms with Gasteiger partial charge < -0.3 is 5.73 Å². The number of pyridine rings is 1. The van der Waals surface area contributed by atoms with Crippen LogP contribution in [-0.2, 0) is 6.42 Å². The SMILES string of the molecule is Cc1cc(C(N)Cc2nc(-c3ccccc3)cs2)ccn1. The molecular formula is C17H17N3S. The molecule has 0 saturated carbocycles. The van der Waals surface area contributed by atoms with Gasteiger partial charge in [0, 0.05) is 35.3 Å². The molecule has 4 heteroatoms. The molecule has 1 atom stereocenters. The quantitative estimate of drug-likeness (QED) is 0.797. The van der Waals surface area contributed by atoms with E-state index in [0.29, 0.717) is 0 Å². The molecule has 3 nitrogen and oxygen atoms in total. The Morgan fingerprint density at radius 3 is 2.76 bits per heavy atom. The molecule has 0 aliphatic heterocycles. The second-order valence-corrected chi connectivity index (χ2v) is 5.98. The summed E-state index contributed by atoms with van der Waals surface area (Å²) in [5.74, 6) is 0. The van der Waals surface area contributed by atoms with Crippen LogP contribution >= 0.6 is 11.3 Å².